The number of nitrogens with zero attached hydrogens (tertiary/aromatic N) is 1. The minimum Gasteiger partial charge on any atom is -0.483 e. The fraction of sp³-hybridized carbons (Fsp3) is 0.316. The van der Waals surface area contributed by atoms with Gasteiger partial charge in [-0.15, -0.1) is 11.8 Å². The van der Waals surface area contributed by atoms with Crippen LogP contribution in [-0.2, 0) is 25.6 Å². The molecule has 0 spiro atoms. The molecule has 1 heterocycles. The van der Waals surface area contributed by atoms with Crippen LogP contribution in [-0.4, -0.2) is 75.6 Å². The summed E-state index contributed by atoms with van der Waals surface area (Å²) in [4.78, 5) is 55.6. The highest BCUT2D eigenvalue weighted by atomic mass is 32.2. The lowest BCUT2D eigenvalue weighted by Gasteiger charge is -2.32. The molecule has 0 saturated carbocycles. The van der Waals surface area contributed by atoms with Gasteiger partial charge < -0.3 is 30.7 Å². The van der Waals surface area contributed by atoms with E-state index >= 15 is 0 Å². The summed E-state index contributed by atoms with van der Waals surface area (Å²) < 4.78 is 5.88. The van der Waals surface area contributed by atoms with E-state index in [1.807, 2.05) is 87.5 Å². The van der Waals surface area contributed by atoms with Crippen molar-refractivity contribution in [3.63, 3.8) is 0 Å². The zero-order chi connectivity index (χ0) is 35.0. The number of carbonyl (C=O) groups is 4. The third-order valence-electron chi connectivity index (χ3n) is 8.04. The number of aliphatic hydroxyl groups is 1. The molecule has 10 nitrogen and oxygen atoms in total. The van der Waals surface area contributed by atoms with Gasteiger partial charge in [0.2, 0.25) is 11.8 Å². The molecular weight excluding hydrogens is 641 g/mol. The Morgan fingerprint density at radius 2 is 1.53 bits per heavy atom. The molecule has 0 radical (unpaired) electrons. The lowest BCUT2D eigenvalue weighted by atomic mass is 9.98. The minimum atomic E-state index is -1.67. The summed E-state index contributed by atoms with van der Waals surface area (Å²) in [6, 6.07) is 28.1. The first kappa shape index (κ1) is 35.4. The molecule has 4 N–H and O–H groups in total. The third kappa shape index (κ3) is 9.39. The Morgan fingerprint density at radius 1 is 0.878 bits per heavy atom. The molecule has 1 aliphatic rings. The number of nitrogens with one attached hydrogen (secondary N) is 3. The summed E-state index contributed by atoms with van der Waals surface area (Å²) in [5.74, 6) is -0.968. The number of hydrogen-bond donors (Lipinski definition) is 4. The van der Waals surface area contributed by atoms with Crippen LogP contribution in [0, 0.1) is 0 Å². The molecule has 256 valence electrons. The molecule has 0 aromatic heterocycles. The fourth-order valence-corrected chi connectivity index (χ4v) is 6.82. The first-order valence-corrected chi connectivity index (χ1v) is 17.3. The highest BCUT2D eigenvalue weighted by Crippen LogP contribution is 2.26. The van der Waals surface area contributed by atoms with Gasteiger partial charge in [-0.05, 0) is 49.8 Å². The van der Waals surface area contributed by atoms with Crippen LogP contribution >= 0.6 is 11.8 Å². The lowest BCUT2D eigenvalue weighted by Crippen LogP contribution is -2.58. The number of carbonyl (C=O) groups excluding carboxylic acids is 4. The number of aliphatic hydroxyl groups excluding tert-OH is 1. The van der Waals surface area contributed by atoms with E-state index in [-0.39, 0.29) is 24.8 Å². The summed E-state index contributed by atoms with van der Waals surface area (Å²) in [7, 11) is 0. The van der Waals surface area contributed by atoms with Crippen molar-refractivity contribution in [2.45, 2.75) is 57.0 Å². The number of thioether (sulfide) groups is 1. The molecule has 0 bridgehead atoms. The monoisotopic (exact) mass is 682 g/mol. The molecule has 4 aromatic rings. The second kappa shape index (κ2) is 16.0. The molecule has 49 heavy (non-hydrogen) atoms. The summed E-state index contributed by atoms with van der Waals surface area (Å²) in [6.45, 7) is 5.23. The number of fused-ring (bicyclic) bond motifs is 1. The molecule has 1 saturated heterocycles. The smallest absolute Gasteiger partial charge is 0.258 e. The van der Waals surface area contributed by atoms with Crippen molar-refractivity contribution in [1.29, 1.82) is 0 Å². The van der Waals surface area contributed by atoms with E-state index < -0.39 is 47.5 Å². The largest absolute Gasteiger partial charge is 0.483 e. The quantitative estimate of drug-likeness (QED) is 0.178. The number of ether oxygens (including phenoxy) is 1. The number of hydrogen-bond acceptors (Lipinski definition) is 7. The zero-order valence-electron chi connectivity index (χ0n) is 27.8. The van der Waals surface area contributed by atoms with Crippen LogP contribution in [0.2, 0.25) is 0 Å². The second-order valence-electron chi connectivity index (χ2n) is 13.0. The van der Waals surface area contributed by atoms with Gasteiger partial charge in [0.25, 0.3) is 11.8 Å². The van der Waals surface area contributed by atoms with Gasteiger partial charge in [0, 0.05) is 16.7 Å². The molecule has 4 amide bonds. The molecule has 1 fully saturated rings. The molecule has 0 unspecified atom stereocenters. The Morgan fingerprint density at radius 3 is 2.24 bits per heavy atom. The van der Waals surface area contributed by atoms with Crippen molar-refractivity contribution in [2.24, 2.45) is 0 Å². The van der Waals surface area contributed by atoms with Gasteiger partial charge in [0.15, 0.2) is 12.7 Å². The highest BCUT2D eigenvalue weighted by molar-refractivity contribution is 7.99. The van der Waals surface area contributed by atoms with Crippen molar-refractivity contribution in [3.05, 3.63) is 114 Å². The van der Waals surface area contributed by atoms with Crippen molar-refractivity contribution >= 4 is 46.2 Å². The van der Waals surface area contributed by atoms with Crippen molar-refractivity contribution < 1.29 is 29.0 Å². The summed E-state index contributed by atoms with van der Waals surface area (Å²) >= 11 is 1.42. The Hall–Kier alpha value is -4.87. The highest BCUT2D eigenvalue weighted by Gasteiger charge is 2.41. The van der Waals surface area contributed by atoms with Crippen LogP contribution in [0.25, 0.3) is 10.8 Å². The van der Waals surface area contributed by atoms with Gasteiger partial charge in [-0.2, -0.15) is 0 Å². The molecule has 5 rings (SSSR count). The standard InChI is InChI=1S/C38H42N4O6S/c1-38(2,3)41-35(45)30-23-49-24-42(30)37(47)34(44)29(21-25-13-6-4-7-14-25)39-36(46)33(27-16-8-5-9-17-27)40-32(43)22-48-31-20-12-18-26-15-10-11-19-28(26)31/h4-20,29-30,33-34,44H,21-24H2,1-3H3,(H,39,46)(H,40,43)(H,41,45)/t29-,30-,33-,34-/m0/s1. The average Bonchev–Trinajstić information content (AvgIpc) is 3.59. The van der Waals surface area contributed by atoms with E-state index in [2.05, 4.69) is 16.0 Å². The van der Waals surface area contributed by atoms with E-state index in [1.54, 1.807) is 36.4 Å². The van der Waals surface area contributed by atoms with Gasteiger partial charge in [-0.3, -0.25) is 19.2 Å². The van der Waals surface area contributed by atoms with E-state index in [9.17, 15) is 24.3 Å². The topological polar surface area (TPSA) is 137 Å². The van der Waals surface area contributed by atoms with Gasteiger partial charge >= 0.3 is 0 Å². The molecular formula is C38H42N4O6S. The Bertz CT molecular complexity index is 1760. The lowest BCUT2D eigenvalue weighted by molar-refractivity contribution is -0.147. The molecule has 11 heteroatoms. The molecule has 4 aromatic carbocycles. The maximum absolute atomic E-state index is 14.0. The first-order chi connectivity index (χ1) is 23.5. The van der Waals surface area contributed by atoms with Crippen LogP contribution in [0.5, 0.6) is 5.75 Å². The summed E-state index contributed by atoms with van der Waals surface area (Å²) in [6.07, 6.45) is -1.55. The van der Waals surface area contributed by atoms with Crippen molar-refractivity contribution in [3.8, 4) is 5.75 Å². The van der Waals surface area contributed by atoms with Crippen molar-refractivity contribution in [2.75, 3.05) is 18.2 Å². The third-order valence-corrected chi connectivity index (χ3v) is 9.05. The van der Waals surface area contributed by atoms with E-state index in [1.165, 1.54) is 16.7 Å². The predicted molar refractivity (Wildman–Crippen MR) is 191 cm³/mol. The van der Waals surface area contributed by atoms with Crippen molar-refractivity contribution in [1.82, 2.24) is 20.9 Å². The van der Waals surface area contributed by atoms with E-state index in [0.717, 1.165) is 16.3 Å². The van der Waals surface area contributed by atoms with Gasteiger partial charge in [0.05, 0.1) is 11.9 Å². The number of benzene rings is 4. The second-order valence-corrected chi connectivity index (χ2v) is 14.0. The Labute approximate surface area is 290 Å². The summed E-state index contributed by atoms with van der Waals surface area (Å²) in [5.41, 5.74) is 0.784. The summed E-state index contributed by atoms with van der Waals surface area (Å²) in [5, 5.41) is 21.9. The Kier molecular flexibility index (Phi) is 11.6. The van der Waals surface area contributed by atoms with Crippen LogP contribution in [0.1, 0.15) is 37.9 Å². The van der Waals surface area contributed by atoms with Crippen LogP contribution < -0.4 is 20.7 Å². The van der Waals surface area contributed by atoms with Crippen LogP contribution in [0.3, 0.4) is 0 Å². The molecule has 0 aliphatic carbocycles. The minimum absolute atomic E-state index is 0.124. The van der Waals surface area contributed by atoms with Gasteiger partial charge in [-0.25, -0.2) is 0 Å². The van der Waals surface area contributed by atoms with Gasteiger partial charge in [0.1, 0.15) is 17.8 Å². The number of rotatable bonds is 12. The van der Waals surface area contributed by atoms with E-state index in [4.69, 9.17) is 4.74 Å². The fourth-order valence-electron chi connectivity index (χ4n) is 5.66. The Balaban J connectivity index is 1.34. The van der Waals surface area contributed by atoms with E-state index in [0.29, 0.717) is 17.1 Å². The normalized spacial score (nSPS) is 16.3. The maximum Gasteiger partial charge on any atom is 0.258 e. The SMILES string of the molecule is CC(C)(C)NC(=O)[C@@H]1CSCN1C(=O)[C@@H](O)[C@H](Cc1ccccc1)NC(=O)[C@@H](NC(=O)COc1cccc2ccccc12)c1ccccc1. The van der Waals surface area contributed by atoms with Crippen LogP contribution in [0.4, 0.5) is 0 Å². The maximum atomic E-state index is 14.0. The average molecular weight is 683 g/mol. The zero-order valence-corrected chi connectivity index (χ0v) is 28.6. The molecule has 4 atom stereocenters. The molecule has 1 aliphatic heterocycles. The number of amides is 4. The predicted octanol–water partition coefficient (Wildman–Crippen LogP) is 3.98. The first-order valence-electron chi connectivity index (χ1n) is 16.2. The van der Waals surface area contributed by atoms with Crippen LogP contribution in [0.15, 0.2) is 103 Å². The van der Waals surface area contributed by atoms with Gasteiger partial charge in [-0.1, -0.05) is 97.1 Å².